The van der Waals surface area contributed by atoms with E-state index in [9.17, 15) is 14.7 Å². The van der Waals surface area contributed by atoms with E-state index in [2.05, 4.69) is 10.3 Å². The molecule has 3 aromatic rings. The minimum Gasteiger partial charge on any atom is -0.493 e. The highest BCUT2D eigenvalue weighted by atomic mass is 32.1. The molecule has 0 aliphatic carbocycles. The Labute approximate surface area is 159 Å². The van der Waals surface area contributed by atoms with E-state index < -0.39 is 17.3 Å². The van der Waals surface area contributed by atoms with Gasteiger partial charge in [0.1, 0.15) is 0 Å². The summed E-state index contributed by atoms with van der Waals surface area (Å²) >= 11 is 1.22. The molecular weight excluding hydrogens is 370 g/mol. The summed E-state index contributed by atoms with van der Waals surface area (Å²) in [6.45, 7) is 2.01. The minimum atomic E-state index is -0.662. The molecule has 0 aliphatic heterocycles. The fourth-order valence-corrected chi connectivity index (χ4v) is 3.57. The summed E-state index contributed by atoms with van der Waals surface area (Å²) in [7, 11) is 3.11. The van der Waals surface area contributed by atoms with Gasteiger partial charge in [0, 0.05) is 17.6 Å². The number of methoxy groups -OCH3 is 2. The predicted molar refractivity (Wildman–Crippen MR) is 101 cm³/mol. The van der Waals surface area contributed by atoms with Crippen LogP contribution in [0.1, 0.15) is 21.6 Å². The zero-order chi connectivity index (χ0) is 19.6. The molecule has 3 rings (SSSR count). The first-order valence-corrected chi connectivity index (χ1v) is 9.03. The Morgan fingerprint density at radius 1 is 1.30 bits per heavy atom. The van der Waals surface area contributed by atoms with Gasteiger partial charge in [0.05, 0.1) is 14.2 Å². The number of carbonyl (C=O) groups is 1. The lowest BCUT2D eigenvalue weighted by Gasteiger charge is -2.10. The fourth-order valence-electron chi connectivity index (χ4n) is 2.72. The average molecular weight is 389 g/mol. The molecule has 0 spiro atoms. The van der Waals surface area contributed by atoms with Crippen molar-refractivity contribution in [2.75, 3.05) is 20.8 Å². The van der Waals surface area contributed by atoms with Crippen LogP contribution in [-0.2, 0) is 6.42 Å². The number of aromatic nitrogens is 2. The zero-order valence-corrected chi connectivity index (χ0v) is 15.9. The summed E-state index contributed by atoms with van der Waals surface area (Å²) in [4.78, 5) is 29.2. The molecule has 8 nitrogen and oxygen atoms in total. The van der Waals surface area contributed by atoms with Crippen molar-refractivity contribution in [1.82, 2.24) is 14.7 Å². The third kappa shape index (κ3) is 3.59. The summed E-state index contributed by atoms with van der Waals surface area (Å²) in [5.41, 5.74) is 0.643. The molecule has 0 atom stereocenters. The smallest absolute Gasteiger partial charge is 0.275 e. The van der Waals surface area contributed by atoms with E-state index >= 15 is 0 Å². The highest BCUT2D eigenvalue weighted by Crippen LogP contribution is 2.27. The average Bonchev–Trinajstić information content (AvgIpc) is 3.02. The number of benzene rings is 1. The molecule has 0 aliphatic rings. The Kier molecular flexibility index (Phi) is 5.31. The Balaban J connectivity index is 1.74. The van der Waals surface area contributed by atoms with Crippen LogP contribution in [0, 0.1) is 6.92 Å². The highest BCUT2D eigenvalue weighted by Gasteiger charge is 2.21. The van der Waals surface area contributed by atoms with Gasteiger partial charge < -0.3 is 19.9 Å². The Morgan fingerprint density at radius 2 is 2.04 bits per heavy atom. The van der Waals surface area contributed by atoms with Crippen molar-refractivity contribution in [3.63, 3.8) is 0 Å². The van der Waals surface area contributed by atoms with Gasteiger partial charge in [-0.1, -0.05) is 6.07 Å². The van der Waals surface area contributed by atoms with Crippen LogP contribution in [0.3, 0.4) is 0 Å². The normalized spacial score (nSPS) is 10.8. The van der Waals surface area contributed by atoms with Crippen molar-refractivity contribution < 1.29 is 19.4 Å². The number of nitrogens with one attached hydrogen (secondary N) is 1. The van der Waals surface area contributed by atoms with Crippen LogP contribution in [0.2, 0.25) is 0 Å². The van der Waals surface area contributed by atoms with E-state index in [0.29, 0.717) is 28.6 Å². The molecule has 2 aromatic heterocycles. The number of carbonyl (C=O) groups excluding carboxylic acids is 1. The first-order valence-electron chi connectivity index (χ1n) is 8.15. The molecule has 0 saturated carbocycles. The molecule has 1 amide bonds. The maximum atomic E-state index is 12.5. The number of thiazole rings is 1. The van der Waals surface area contributed by atoms with Crippen LogP contribution < -0.4 is 20.3 Å². The van der Waals surface area contributed by atoms with Crippen LogP contribution in [0.4, 0.5) is 0 Å². The number of hydrogen-bond donors (Lipinski definition) is 2. The first kappa shape index (κ1) is 18.7. The van der Waals surface area contributed by atoms with Crippen LogP contribution in [0.5, 0.6) is 17.4 Å². The van der Waals surface area contributed by atoms with Crippen molar-refractivity contribution in [3.05, 3.63) is 50.8 Å². The fraction of sp³-hybridized carbons (Fsp3) is 0.278. The maximum Gasteiger partial charge on any atom is 0.275 e. The zero-order valence-electron chi connectivity index (χ0n) is 15.1. The second kappa shape index (κ2) is 7.67. The summed E-state index contributed by atoms with van der Waals surface area (Å²) in [5, 5.41) is 14.4. The summed E-state index contributed by atoms with van der Waals surface area (Å²) in [6.07, 6.45) is 0.515. The summed E-state index contributed by atoms with van der Waals surface area (Å²) < 4.78 is 11.8. The van der Waals surface area contributed by atoms with Crippen molar-refractivity contribution in [2.24, 2.45) is 0 Å². The number of aromatic hydroxyl groups is 1. The topological polar surface area (TPSA) is 102 Å². The number of hydrogen-bond acceptors (Lipinski definition) is 7. The van der Waals surface area contributed by atoms with Gasteiger partial charge >= 0.3 is 0 Å². The molecule has 27 heavy (non-hydrogen) atoms. The summed E-state index contributed by atoms with van der Waals surface area (Å²) in [5.74, 6) is -0.00974. The number of ether oxygens (including phenoxy) is 2. The van der Waals surface area contributed by atoms with Gasteiger partial charge in [0.2, 0.25) is 5.88 Å². The van der Waals surface area contributed by atoms with E-state index in [4.69, 9.17) is 9.47 Å². The molecular formula is C18H19N3O5S. The molecule has 9 heteroatoms. The van der Waals surface area contributed by atoms with Crippen molar-refractivity contribution in [1.29, 1.82) is 0 Å². The predicted octanol–water partition coefficient (Wildman–Crippen LogP) is 1.76. The van der Waals surface area contributed by atoms with Crippen LogP contribution in [0.15, 0.2) is 28.4 Å². The monoisotopic (exact) mass is 389 g/mol. The second-order valence-electron chi connectivity index (χ2n) is 5.81. The second-order valence-corrected chi connectivity index (χ2v) is 6.64. The van der Waals surface area contributed by atoms with Gasteiger partial charge in [-0.05, 0) is 31.0 Å². The number of amides is 1. The van der Waals surface area contributed by atoms with Crippen molar-refractivity contribution >= 4 is 22.2 Å². The number of nitrogens with zero attached hydrogens (tertiary/aromatic N) is 2. The maximum absolute atomic E-state index is 12.5. The van der Waals surface area contributed by atoms with Crippen molar-refractivity contribution in [2.45, 2.75) is 13.3 Å². The molecule has 2 N–H and O–H groups in total. The molecule has 2 heterocycles. The third-order valence-electron chi connectivity index (χ3n) is 4.10. The summed E-state index contributed by atoms with van der Waals surface area (Å²) in [6, 6.07) is 5.47. The molecule has 142 valence electrons. The third-order valence-corrected chi connectivity index (χ3v) is 5.04. The van der Waals surface area contributed by atoms with Gasteiger partial charge in [-0.3, -0.25) is 14.0 Å². The molecule has 1 aromatic carbocycles. The van der Waals surface area contributed by atoms with E-state index in [1.165, 1.54) is 15.7 Å². The van der Waals surface area contributed by atoms with Gasteiger partial charge in [-0.25, -0.2) is 0 Å². The number of aryl methyl sites for hydroxylation is 1. The molecule has 0 unspecified atom stereocenters. The lowest BCUT2D eigenvalue weighted by atomic mass is 10.1. The Morgan fingerprint density at radius 3 is 2.74 bits per heavy atom. The molecule has 0 saturated heterocycles. The Hall–Kier alpha value is -3.07. The van der Waals surface area contributed by atoms with E-state index in [1.54, 1.807) is 32.6 Å². The van der Waals surface area contributed by atoms with Gasteiger partial charge in [0.25, 0.3) is 11.5 Å². The largest absolute Gasteiger partial charge is 0.493 e. The first-order chi connectivity index (χ1) is 13.0. The molecule has 0 fully saturated rings. The lowest BCUT2D eigenvalue weighted by molar-refractivity contribution is 0.0949. The minimum absolute atomic E-state index is 0.276. The van der Waals surface area contributed by atoms with Crippen LogP contribution >= 0.6 is 11.3 Å². The van der Waals surface area contributed by atoms with Gasteiger partial charge in [-0.15, -0.1) is 11.3 Å². The van der Waals surface area contributed by atoms with Gasteiger partial charge in [0.15, 0.2) is 22.0 Å². The van der Waals surface area contributed by atoms with E-state index in [1.807, 2.05) is 12.1 Å². The molecule has 0 bridgehead atoms. The quantitative estimate of drug-likeness (QED) is 0.666. The van der Waals surface area contributed by atoms with Gasteiger partial charge in [-0.2, -0.15) is 4.98 Å². The number of rotatable bonds is 6. The number of fused-ring (bicyclic) bond motifs is 1. The van der Waals surface area contributed by atoms with Crippen LogP contribution in [0.25, 0.3) is 4.96 Å². The van der Waals surface area contributed by atoms with E-state index in [0.717, 1.165) is 5.56 Å². The Bertz CT molecular complexity index is 1060. The highest BCUT2D eigenvalue weighted by molar-refractivity contribution is 7.15. The standard InChI is InChI=1S/C18H19N3O5S/c1-10-9-27-18-20-16(23)14(17(24)21(10)18)15(22)19-7-6-11-4-5-12(25-2)13(8-11)26-3/h4-5,8-9,23H,6-7H2,1-3H3,(H,19,22). The van der Waals surface area contributed by atoms with Crippen molar-refractivity contribution in [3.8, 4) is 17.4 Å². The lowest BCUT2D eigenvalue weighted by Crippen LogP contribution is -2.33. The SMILES string of the molecule is COc1ccc(CCNC(=O)c2c(O)nc3scc(C)n3c2=O)cc1OC. The molecule has 0 radical (unpaired) electrons. The van der Waals surface area contributed by atoms with Crippen LogP contribution in [-0.4, -0.2) is 41.2 Å². The van der Waals surface area contributed by atoms with E-state index in [-0.39, 0.29) is 12.1 Å².